The summed E-state index contributed by atoms with van der Waals surface area (Å²) in [6.07, 6.45) is 4.37. The second-order valence-electron chi connectivity index (χ2n) is 9.55. The Kier molecular flexibility index (Phi) is 6.91. The van der Waals surface area contributed by atoms with Crippen molar-refractivity contribution in [2.24, 2.45) is 0 Å². The van der Waals surface area contributed by atoms with Crippen LogP contribution >= 0.6 is 0 Å². The molecule has 39 heavy (non-hydrogen) atoms. The SMILES string of the molecule is COc1nc(Nc2nccc(-c3ccc(OC4CCOCC4)c(C#N)n3)n2)ccc1C(=O)N1CC2CC(C1)O2. The van der Waals surface area contributed by atoms with Crippen molar-refractivity contribution in [3.05, 3.63) is 47.8 Å². The van der Waals surface area contributed by atoms with E-state index in [2.05, 4.69) is 31.3 Å². The molecule has 12 nitrogen and oxygen atoms in total. The molecule has 2 atom stereocenters. The molecule has 4 fully saturated rings. The number of ether oxygens (including phenoxy) is 4. The fourth-order valence-corrected chi connectivity index (χ4v) is 4.93. The lowest BCUT2D eigenvalue weighted by atomic mass is 9.98. The van der Waals surface area contributed by atoms with E-state index in [0.717, 1.165) is 19.3 Å². The average molecular weight is 530 g/mol. The molecule has 0 aliphatic carbocycles. The first-order chi connectivity index (χ1) is 19.1. The van der Waals surface area contributed by atoms with Gasteiger partial charge in [-0.25, -0.2) is 15.0 Å². The highest BCUT2D eigenvalue weighted by atomic mass is 16.5. The number of carbonyl (C=O) groups excluding carboxylic acids is 1. The van der Waals surface area contributed by atoms with Crippen LogP contribution in [-0.4, -0.2) is 82.5 Å². The number of nitrogens with one attached hydrogen (secondary N) is 1. The largest absolute Gasteiger partial charge is 0.487 e. The van der Waals surface area contributed by atoms with Gasteiger partial charge in [-0.1, -0.05) is 0 Å². The van der Waals surface area contributed by atoms with E-state index >= 15 is 0 Å². The number of carbonyl (C=O) groups is 1. The minimum absolute atomic E-state index is 0.000918. The number of nitrogens with zero attached hydrogens (tertiary/aromatic N) is 6. The van der Waals surface area contributed by atoms with E-state index in [1.807, 2.05) is 0 Å². The summed E-state index contributed by atoms with van der Waals surface area (Å²) >= 11 is 0. The summed E-state index contributed by atoms with van der Waals surface area (Å²) < 4.78 is 22.4. The van der Waals surface area contributed by atoms with Crippen molar-refractivity contribution in [2.75, 3.05) is 38.7 Å². The molecule has 3 aromatic heterocycles. The lowest BCUT2D eigenvalue weighted by molar-refractivity contribution is -0.171. The van der Waals surface area contributed by atoms with Gasteiger partial charge < -0.3 is 29.2 Å². The molecule has 1 amide bonds. The molecule has 4 aliphatic heterocycles. The van der Waals surface area contributed by atoms with Gasteiger partial charge in [0.2, 0.25) is 11.8 Å². The van der Waals surface area contributed by atoms with Gasteiger partial charge in [-0.3, -0.25) is 4.79 Å². The number of amides is 1. The van der Waals surface area contributed by atoms with E-state index in [9.17, 15) is 10.1 Å². The van der Waals surface area contributed by atoms with E-state index in [0.29, 0.717) is 54.8 Å². The van der Waals surface area contributed by atoms with E-state index < -0.39 is 0 Å². The van der Waals surface area contributed by atoms with Crippen molar-refractivity contribution in [3.63, 3.8) is 0 Å². The minimum Gasteiger partial charge on any atom is -0.487 e. The Bertz CT molecular complexity index is 1410. The van der Waals surface area contributed by atoms with Crippen LogP contribution in [0.3, 0.4) is 0 Å². The summed E-state index contributed by atoms with van der Waals surface area (Å²) in [6, 6.07) is 10.7. The van der Waals surface area contributed by atoms with E-state index in [4.69, 9.17) is 18.9 Å². The molecule has 4 aliphatic rings. The Labute approximate surface area is 224 Å². The zero-order valence-corrected chi connectivity index (χ0v) is 21.4. The fraction of sp³-hybridized carbons (Fsp3) is 0.407. The number of aromatic nitrogens is 4. The van der Waals surface area contributed by atoms with Crippen molar-refractivity contribution >= 4 is 17.7 Å². The predicted molar refractivity (Wildman–Crippen MR) is 138 cm³/mol. The van der Waals surface area contributed by atoms with Gasteiger partial charge in [0, 0.05) is 38.5 Å². The zero-order chi connectivity index (χ0) is 26.8. The average Bonchev–Trinajstić information content (AvgIpc) is 2.97. The number of rotatable bonds is 7. The van der Waals surface area contributed by atoms with Crippen LogP contribution in [-0.2, 0) is 9.47 Å². The van der Waals surface area contributed by atoms with Crippen molar-refractivity contribution in [1.29, 1.82) is 5.26 Å². The van der Waals surface area contributed by atoms with Crippen LogP contribution in [0.1, 0.15) is 35.3 Å². The third kappa shape index (κ3) is 5.32. The van der Waals surface area contributed by atoms with Gasteiger partial charge in [0.05, 0.1) is 43.9 Å². The maximum atomic E-state index is 13.1. The number of methoxy groups -OCH3 is 1. The summed E-state index contributed by atoms with van der Waals surface area (Å²) in [5.74, 6) is 1.21. The summed E-state index contributed by atoms with van der Waals surface area (Å²) in [5, 5.41) is 12.7. The number of piperidine rings is 1. The number of nitriles is 1. The number of fused-ring (bicyclic) bond motifs is 2. The van der Waals surface area contributed by atoms with Crippen LogP contribution in [0.25, 0.3) is 11.4 Å². The number of hydrogen-bond acceptors (Lipinski definition) is 11. The number of hydrogen-bond donors (Lipinski definition) is 1. The Hall–Kier alpha value is -4.34. The van der Waals surface area contributed by atoms with Gasteiger partial charge in [-0.05, 0) is 30.3 Å². The van der Waals surface area contributed by atoms with Crippen molar-refractivity contribution < 1.29 is 23.7 Å². The maximum Gasteiger partial charge on any atom is 0.259 e. The summed E-state index contributed by atoms with van der Waals surface area (Å²) in [5.41, 5.74) is 1.60. The van der Waals surface area contributed by atoms with Crippen LogP contribution in [0.15, 0.2) is 36.5 Å². The number of morpholine rings is 1. The van der Waals surface area contributed by atoms with Crippen LogP contribution in [0.4, 0.5) is 11.8 Å². The van der Waals surface area contributed by atoms with Crippen molar-refractivity contribution in [2.45, 2.75) is 37.6 Å². The van der Waals surface area contributed by atoms with Crippen LogP contribution < -0.4 is 14.8 Å². The lowest BCUT2D eigenvalue weighted by Gasteiger charge is -2.47. The van der Waals surface area contributed by atoms with Gasteiger partial charge in [-0.2, -0.15) is 10.2 Å². The molecule has 2 unspecified atom stereocenters. The Morgan fingerprint density at radius 1 is 1.08 bits per heavy atom. The lowest BCUT2D eigenvalue weighted by Crippen LogP contribution is -2.58. The third-order valence-electron chi connectivity index (χ3n) is 6.91. The highest BCUT2D eigenvalue weighted by molar-refractivity contribution is 5.97. The molecule has 0 aromatic carbocycles. The van der Waals surface area contributed by atoms with E-state index in [1.165, 1.54) is 7.11 Å². The van der Waals surface area contributed by atoms with Crippen molar-refractivity contribution in [1.82, 2.24) is 24.8 Å². The molecule has 4 saturated heterocycles. The van der Waals surface area contributed by atoms with Gasteiger partial charge >= 0.3 is 0 Å². The second kappa shape index (κ2) is 10.8. The van der Waals surface area contributed by atoms with Gasteiger partial charge in [0.15, 0.2) is 11.4 Å². The molecule has 1 N–H and O–H groups in total. The molecule has 12 heteroatoms. The first-order valence-electron chi connectivity index (χ1n) is 12.9. The Balaban J connectivity index is 1.17. The van der Waals surface area contributed by atoms with Crippen LogP contribution in [0.5, 0.6) is 11.6 Å². The molecule has 200 valence electrons. The highest BCUT2D eigenvalue weighted by Crippen LogP contribution is 2.31. The molecule has 0 saturated carbocycles. The van der Waals surface area contributed by atoms with Crippen molar-refractivity contribution in [3.8, 4) is 29.1 Å². The zero-order valence-electron chi connectivity index (χ0n) is 21.4. The number of anilines is 2. The fourth-order valence-electron chi connectivity index (χ4n) is 4.93. The molecule has 7 heterocycles. The maximum absolute atomic E-state index is 13.1. The van der Waals surface area contributed by atoms with Gasteiger partial charge in [0.25, 0.3) is 5.91 Å². The van der Waals surface area contributed by atoms with Crippen LogP contribution in [0, 0.1) is 11.3 Å². The van der Waals surface area contributed by atoms with Gasteiger partial charge in [-0.15, -0.1) is 0 Å². The van der Waals surface area contributed by atoms with E-state index in [-0.39, 0.29) is 41.7 Å². The van der Waals surface area contributed by atoms with E-state index in [1.54, 1.807) is 41.4 Å². The molecule has 0 radical (unpaired) electrons. The summed E-state index contributed by atoms with van der Waals surface area (Å²) in [4.78, 5) is 32.6. The molecule has 7 rings (SSSR count). The summed E-state index contributed by atoms with van der Waals surface area (Å²) in [6.45, 7) is 2.43. The monoisotopic (exact) mass is 529 g/mol. The smallest absolute Gasteiger partial charge is 0.259 e. The molecule has 3 aromatic rings. The second-order valence-corrected chi connectivity index (χ2v) is 9.55. The topological polar surface area (TPSA) is 145 Å². The third-order valence-corrected chi connectivity index (χ3v) is 6.91. The van der Waals surface area contributed by atoms with Gasteiger partial charge in [0.1, 0.15) is 23.6 Å². The highest BCUT2D eigenvalue weighted by Gasteiger charge is 2.40. The first kappa shape index (κ1) is 25.0. The standard InChI is InChI=1S/C27H27N7O5/c1-36-25-19(26(35)34-14-17-12-18(15-34)38-17)2-5-24(32-25)33-27-29-9-6-21(31-27)20-3-4-23(22(13-28)30-20)39-16-7-10-37-11-8-16/h2-6,9,16-18H,7-8,10-12,14-15H2,1H3,(H,29,31,32,33). The minimum atomic E-state index is -0.134. The number of pyridine rings is 2. The molecular formula is C27H27N7O5. The Morgan fingerprint density at radius 2 is 1.85 bits per heavy atom. The predicted octanol–water partition coefficient (Wildman–Crippen LogP) is 2.73. The van der Waals surface area contributed by atoms with Crippen LogP contribution in [0.2, 0.25) is 0 Å². The first-order valence-corrected chi connectivity index (χ1v) is 12.9. The normalized spacial score (nSPS) is 20.5. The summed E-state index contributed by atoms with van der Waals surface area (Å²) in [7, 11) is 1.48. The molecular weight excluding hydrogens is 502 g/mol. The Morgan fingerprint density at radius 3 is 2.59 bits per heavy atom. The quantitative estimate of drug-likeness (QED) is 0.482. The molecule has 0 spiro atoms. The molecule has 2 bridgehead atoms.